The number of hydrogen-bond acceptors (Lipinski definition) is 5. The van der Waals surface area contributed by atoms with Crippen molar-refractivity contribution in [2.24, 2.45) is 0 Å². The van der Waals surface area contributed by atoms with Crippen LogP contribution in [0.3, 0.4) is 0 Å². The molecule has 0 bridgehead atoms. The maximum Gasteiger partial charge on any atom is 0.416 e. The molecule has 0 radical (unpaired) electrons. The number of halogens is 3. The van der Waals surface area contributed by atoms with Gasteiger partial charge in [-0.15, -0.1) is 0 Å². The number of esters is 1. The summed E-state index contributed by atoms with van der Waals surface area (Å²) in [6.45, 7) is -0.574. The highest BCUT2D eigenvalue weighted by Gasteiger charge is 2.30. The van der Waals surface area contributed by atoms with Crippen LogP contribution in [0, 0.1) is 0 Å². The van der Waals surface area contributed by atoms with E-state index in [1.54, 1.807) is 24.3 Å². The second kappa shape index (κ2) is 8.73. The van der Waals surface area contributed by atoms with E-state index in [0.29, 0.717) is 11.4 Å². The van der Waals surface area contributed by atoms with E-state index >= 15 is 0 Å². The van der Waals surface area contributed by atoms with Gasteiger partial charge in [0.2, 0.25) is 5.76 Å². The molecular weight excluding hydrogens is 403 g/mol. The number of methoxy groups -OCH3 is 1. The van der Waals surface area contributed by atoms with Gasteiger partial charge < -0.3 is 19.2 Å². The molecule has 0 atom stereocenters. The summed E-state index contributed by atoms with van der Waals surface area (Å²) in [7, 11) is 1.49. The Kier molecular flexibility index (Phi) is 6.10. The highest BCUT2D eigenvalue weighted by molar-refractivity contribution is 5.94. The summed E-state index contributed by atoms with van der Waals surface area (Å²) in [5.74, 6) is -1.14. The van der Waals surface area contributed by atoms with Crippen molar-refractivity contribution in [2.75, 3.05) is 19.0 Å². The molecule has 1 amide bonds. The fraction of sp³-hybridized carbons (Fsp3) is 0.143. The van der Waals surface area contributed by atoms with Gasteiger partial charge >= 0.3 is 12.1 Å². The molecule has 30 heavy (non-hydrogen) atoms. The van der Waals surface area contributed by atoms with Crippen molar-refractivity contribution < 1.29 is 36.7 Å². The van der Waals surface area contributed by atoms with Crippen LogP contribution in [-0.4, -0.2) is 25.6 Å². The van der Waals surface area contributed by atoms with Crippen molar-refractivity contribution in [1.29, 1.82) is 0 Å². The minimum atomic E-state index is -4.50. The third-order valence-corrected chi connectivity index (χ3v) is 3.97. The molecule has 6 nitrogen and oxygen atoms in total. The molecule has 0 aliphatic heterocycles. The summed E-state index contributed by atoms with van der Waals surface area (Å²) in [6, 6.07) is 13.7. The molecule has 1 N–H and O–H groups in total. The Balaban J connectivity index is 1.60. The fourth-order valence-electron chi connectivity index (χ4n) is 2.55. The monoisotopic (exact) mass is 419 g/mol. The number of alkyl halides is 3. The highest BCUT2D eigenvalue weighted by Crippen LogP contribution is 2.32. The lowest BCUT2D eigenvalue weighted by atomic mass is 10.1. The number of amides is 1. The average molecular weight is 419 g/mol. The maximum atomic E-state index is 12.8. The molecule has 2 aromatic carbocycles. The van der Waals surface area contributed by atoms with Gasteiger partial charge in [-0.3, -0.25) is 4.79 Å². The van der Waals surface area contributed by atoms with Gasteiger partial charge in [-0.25, -0.2) is 4.79 Å². The molecule has 1 heterocycles. The van der Waals surface area contributed by atoms with Crippen LogP contribution in [0.5, 0.6) is 5.75 Å². The largest absolute Gasteiger partial charge is 0.497 e. The number of nitrogens with one attached hydrogen (secondary N) is 1. The second-order valence-electron chi connectivity index (χ2n) is 6.10. The van der Waals surface area contributed by atoms with Crippen LogP contribution < -0.4 is 10.1 Å². The third-order valence-electron chi connectivity index (χ3n) is 3.97. The molecule has 0 saturated carbocycles. The van der Waals surface area contributed by atoms with Crippen molar-refractivity contribution in [1.82, 2.24) is 0 Å². The molecular formula is C21H16F3NO5. The summed E-state index contributed by atoms with van der Waals surface area (Å²) in [4.78, 5) is 24.0. The van der Waals surface area contributed by atoms with Gasteiger partial charge in [-0.2, -0.15) is 13.2 Å². The number of carbonyl (C=O) groups is 2. The third kappa shape index (κ3) is 5.19. The number of furan rings is 1. The van der Waals surface area contributed by atoms with Gasteiger partial charge in [0.1, 0.15) is 11.5 Å². The van der Waals surface area contributed by atoms with Gasteiger partial charge in [0.25, 0.3) is 5.91 Å². The first-order chi connectivity index (χ1) is 14.3. The van der Waals surface area contributed by atoms with E-state index < -0.39 is 30.2 Å². The van der Waals surface area contributed by atoms with E-state index in [9.17, 15) is 22.8 Å². The smallest absolute Gasteiger partial charge is 0.416 e. The molecule has 0 spiro atoms. The molecule has 0 saturated heterocycles. The number of hydrogen-bond donors (Lipinski definition) is 1. The van der Waals surface area contributed by atoms with Crippen LogP contribution in [0.4, 0.5) is 18.9 Å². The van der Waals surface area contributed by atoms with E-state index in [1.165, 1.54) is 31.4 Å². The number of carbonyl (C=O) groups excluding carboxylic acids is 2. The molecule has 0 fully saturated rings. The maximum absolute atomic E-state index is 12.8. The molecule has 3 rings (SSSR count). The van der Waals surface area contributed by atoms with Crippen LogP contribution in [0.1, 0.15) is 16.1 Å². The zero-order chi connectivity index (χ0) is 21.7. The first kappa shape index (κ1) is 21.0. The first-order valence-electron chi connectivity index (χ1n) is 8.65. The van der Waals surface area contributed by atoms with Gasteiger partial charge in [-0.05, 0) is 36.4 Å². The van der Waals surface area contributed by atoms with E-state index in [4.69, 9.17) is 13.9 Å². The Morgan fingerprint density at radius 3 is 2.53 bits per heavy atom. The van der Waals surface area contributed by atoms with Crippen LogP contribution >= 0.6 is 0 Å². The Labute approximate surface area is 169 Å². The minimum Gasteiger partial charge on any atom is -0.497 e. The summed E-state index contributed by atoms with van der Waals surface area (Å²) >= 11 is 0. The minimum absolute atomic E-state index is 0.0638. The topological polar surface area (TPSA) is 77.8 Å². The zero-order valence-corrected chi connectivity index (χ0v) is 15.7. The lowest BCUT2D eigenvalue weighted by Crippen LogP contribution is -2.20. The van der Waals surface area contributed by atoms with E-state index in [1.807, 2.05) is 0 Å². The number of rotatable bonds is 6. The number of ether oxygens (including phenoxy) is 2. The van der Waals surface area contributed by atoms with Gasteiger partial charge in [0, 0.05) is 17.3 Å². The Morgan fingerprint density at radius 2 is 1.80 bits per heavy atom. The van der Waals surface area contributed by atoms with Crippen molar-refractivity contribution in [3.05, 3.63) is 72.0 Å². The molecule has 0 aliphatic carbocycles. The Morgan fingerprint density at radius 1 is 1.03 bits per heavy atom. The second-order valence-corrected chi connectivity index (χ2v) is 6.10. The molecule has 0 aliphatic rings. The van der Waals surface area contributed by atoms with E-state index in [-0.39, 0.29) is 17.1 Å². The molecule has 156 valence electrons. The van der Waals surface area contributed by atoms with Gasteiger partial charge in [0.05, 0.1) is 12.7 Å². The Hall–Kier alpha value is -3.75. The predicted octanol–water partition coefficient (Wildman–Crippen LogP) is 4.77. The van der Waals surface area contributed by atoms with Gasteiger partial charge in [0.15, 0.2) is 6.61 Å². The summed E-state index contributed by atoms with van der Waals surface area (Å²) in [6.07, 6.45) is -4.50. The summed E-state index contributed by atoms with van der Waals surface area (Å²) < 4.78 is 53.8. The average Bonchev–Trinajstić information content (AvgIpc) is 3.22. The van der Waals surface area contributed by atoms with Crippen molar-refractivity contribution in [2.45, 2.75) is 6.18 Å². The van der Waals surface area contributed by atoms with Gasteiger partial charge in [-0.1, -0.05) is 18.2 Å². The lowest BCUT2D eigenvalue weighted by molar-refractivity contribution is -0.137. The molecule has 0 unspecified atom stereocenters. The van der Waals surface area contributed by atoms with Crippen LogP contribution in [-0.2, 0) is 15.7 Å². The standard InChI is InChI=1S/C21H16F3NO5/c1-28-16-7-3-6-15(11-16)25-19(26)12-29-20(27)18-9-8-17(30-18)13-4-2-5-14(10-13)21(22,23)24/h2-11H,12H2,1H3,(H,25,26). The predicted molar refractivity (Wildman–Crippen MR) is 101 cm³/mol. The van der Waals surface area contributed by atoms with Crippen molar-refractivity contribution in [3.8, 4) is 17.1 Å². The fourth-order valence-corrected chi connectivity index (χ4v) is 2.55. The van der Waals surface area contributed by atoms with Crippen LogP contribution in [0.2, 0.25) is 0 Å². The Bertz CT molecular complexity index is 1060. The number of benzene rings is 2. The van der Waals surface area contributed by atoms with Crippen LogP contribution in [0.15, 0.2) is 65.1 Å². The lowest BCUT2D eigenvalue weighted by Gasteiger charge is -2.08. The van der Waals surface area contributed by atoms with E-state index in [0.717, 1.165) is 12.1 Å². The quantitative estimate of drug-likeness (QED) is 0.583. The van der Waals surface area contributed by atoms with Crippen molar-refractivity contribution in [3.63, 3.8) is 0 Å². The summed E-state index contributed by atoms with van der Waals surface area (Å²) in [5.41, 5.74) is -0.227. The SMILES string of the molecule is COc1cccc(NC(=O)COC(=O)c2ccc(-c3cccc(C(F)(F)F)c3)o2)c1. The molecule has 3 aromatic rings. The van der Waals surface area contributed by atoms with E-state index in [2.05, 4.69) is 5.32 Å². The number of anilines is 1. The molecule has 1 aromatic heterocycles. The van der Waals surface area contributed by atoms with Crippen molar-refractivity contribution >= 4 is 17.6 Å². The normalized spacial score (nSPS) is 11.1. The zero-order valence-electron chi connectivity index (χ0n) is 15.7. The summed E-state index contributed by atoms with van der Waals surface area (Å²) in [5, 5.41) is 2.54. The highest BCUT2D eigenvalue weighted by atomic mass is 19.4. The van der Waals surface area contributed by atoms with Crippen LogP contribution in [0.25, 0.3) is 11.3 Å². The first-order valence-corrected chi connectivity index (χ1v) is 8.65. The molecule has 9 heteroatoms.